The second-order valence-electron chi connectivity index (χ2n) is 4.81. The predicted molar refractivity (Wildman–Crippen MR) is 68.9 cm³/mol. The van der Waals surface area contributed by atoms with Crippen LogP contribution in [0.15, 0.2) is 0 Å². The van der Waals surface area contributed by atoms with Gasteiger partial charge in [0.05, 0.1) is 12.2 Å². The first kappa shape index (κ1) is 15.9. The third-order valence-corrected chi connectivity index (χ3v) is 2.85. The van der Waals surface area contributed by atoms with E-state index in [4.69, 9.17) is 9.47 Å². The third-order valence-electron chi connectivity index (χ3n) is 2.85. The third kappa shape index (κ3) is 8.08. The lowest BCUT2D eigenvalue weighted by Crippen LogP contribution is -2.36. The molecule has 98 valence electrons. The Balaban J connectivity index is 3.89. The monoisotopic (exact) mass is 231 g/mol. The molecule has 0 saturated carbocycles. The number of ether oxygens (including phenoxy) is 2. The highest BCUT2D eigenvalue weighted by Crippen LogP contribution is 2.16. The van der Waals surface area contributed by atoms with Crippen LogP contribution in [0.25, 0.3) is 0 Å². The van der Waals surface area contributed by atoms with Gasteiger partial charge in [0.1, 0.15) is 0 Å². The fraction of sp³-hybridized carbons (Fsp3) is 1.00. The van der Waals surface area contributed by atoms with Crippen molar-refractivity contribution < 1.29 is 9.47 Å². The van der Waals surface area contributed by atoms with E-state index in [0.29, 0.717) is 6.04 Å². The molecule has 16 heavy (non-hydrogen) atoms. The van der Waals surface area contributed by atoms with Gasteiger partial charge in [-0.15, -0.1) is 0 Å². The Hall–Kier alpha value is -0.120. The average molecular weight is 231 g/mol. The molecule has 0 aromatic carbocycles. The normalized spacial score (nSPS) is 14.1. The standard InChI is InChI=1S/C13H29NO2/c1-6-10-14-12(11-16-7-2)8-9-13(3,4)15-5/h12,14H,6-11H2,1-5H3. The van der Waals surface area contributed by atoms with E-state index in [1.54, 1.807) is 7.11 Å². The summed E-state index contributed by atoms with van der Waals surface area (Å²) in [5.74, 6) is 0. The van der Waals surface area contributed by atoms with Gasteiger partial charge < -0.3 is 14.8 Å². The van der Waals surface area contributed by atoms with Crippen molar-refractivity contribution in [1.82, 2.24) is 5.32 Å². The summed E-state index contributed by atoms with van der Waals surface area (Å²) in [4.78, 5) is 0. The summed E-state index contributed by atoms with van der Waals surface area (Å²) >= 11 is 0. The van der Waals surface area contributed by atoms with Crippen molar-refractivity contribution in [3.8, 4) is 0 Å². The highest BCUT2D eigenvalue weighted by Gasteiger charge is 2.18. The molecule has 0 rings (SSSR count). The van der Waals surface area contributed by atoms with E-state index in [1.165, 1.54) is 0 Å². The summed E-state index contributed by atoms with van der Waals surface area (Å²) in [5, 5.41) is 3.52. The molecule has 0 aliphatic rings. The zero-order chi connectivity index (χ0) is 12.4. The second-order valence-corrected chi connectivity index (χ2v) is 4.81. The van der Waals surface area contributed by atoms with Crippen LogP contribution in [0.4, 0.5) is 0 Å². The minimum Gasteiger partial charge on any atom is -0.380 e. The van der Waals surface area contributed by atoms with Crippen LogP contribution in [0.5, 0.6) is 0 Å². The van der Waals surface area contributed by atoms with Crippen molar-refractivity contribution in [2.75, 3.05) is 26.9 Å². The maximum absolute atomic E-state index is 5.49. The topological polar surface area (TPSA) is 30.5 Å². The first-order valence-electron chi connectivity index (χ1n) is 6.42. The number of hydrogen-bond acceptors (Lipinski definition) is 3. The van der Waals surface area contributed by atoms with Crippen molar-refractivity contribution in [3.05, 3.63) is 0 Å². The summed E-state index contributed by atoms with van der Waals surface area (Å²) in [5.41, 5.74) is -0.0294. The summed E-state index contributed by atoms with van der Waals surface area (Å²) in [6, 6.07) is 0.453. The molecule has 0 amide bonds. The van der Waals surface area contributed by atoms with Gasteiger partial charge in [0.25, 0.3) is 0 Å². The van der Waals surface area contributed by atoms with Crippen molar-refractivity contribution in [2.24, 2.45) is 0 Å². The Bertz CT molecular complexity index is 152. The van der Waals surface area contributed by atoms with E-state index in [-0.39, 0.29) is 5.60 Å². The van der Waals surface area contributed by atoms with Crippen molar-refractivity contribution >= 4 is 0 Å². The number of hydrogen-bond donors (Lipinski definition) is 1. The zero-order valence-corrected chi connectivity index (χ0v) is 11.6. The maximum atomic E-state index is 5.49. The second kappa shape index (κ2) is 8.97. The molecule has 0 fully saturated rings. The molecule has 0 heterocycles. The molecule has 0 spiro atoms. The molecular formula is C13H29NO2. The fourth-order valence-electron chi connectivity index (χ4n) is 1.48. The molecule has 1 atom stereocenters. The lowest BCUT2D eigenvalue weighted by molar-refractivity contribution is 0.00843. The number of nitrogens with one attached hydrogen (secondary N) is 1. The van der Waals surface area contributed by atoms with Gasteiger partial charge in [0.2, 0.25) is 0 Å². The van der Waals surface area contributed by atoms with E-state index in [9.17, 15) is 0 Å². The van der Waals surface area contributed by atoms with Gasteiger partial charge in [-0.2, -0.15) is 0 Å². The number of rotatable bonds is 10. The van der Waals surface area contributed by atoms with Gasteiger partial charge >= 0.3 is 0 Å². The molecule has 0 bridgehead atoms. The first-order valence-corrected chi connectivity index (χ1v) is 6.42. The van der Waals surface area contributed by atoms with Crippen molar-refractivity contribution in [3.63, 3.8) is 0 Å². The fourth-order valence-corrected chi connectivity index (χ4v) is 1.48. The Kier molecular flexibility index (Phi) is 8.90. The van der Waals surface area contributed by atoms with Crippen LogP contribution >= 0.6 is 0 Å². The number of methoxy groups -OCH3 is 1. The van der Waals surface area contributed by atoms with E-state index in [0.717, 1.165) is 39.0 Å². The minimum atomic E-state index is -0.0294. The maximum Gasteiger partial charge on any atom is 0.0623 e. The smallest absolute Gasteiger partial charge is 0.0623 e. The van der Waals surface area contributed by atoms with Gasteiger partial charge in [0, 0.05) is 19.8 Å². The Morgan fingerprint density at radius 1 is 1.25 bits per heavy atom. The summed E-state index contributed by atoms with van der Waals surface area (Å²) in [6.07, 6.45) is 3.31. The molecule has 1 unspecified atom stereocenters. The van der Waals surface area contributed by atoms with Crippen LogP contribution in [0.1, 0.15) is 47.0 Å². The van der Waals surface area contributed by atoms with Crippen molar-refractivity contribution in [1.29, 1.82) is 0 Å². The highest BCUT2D eigenvalue weighted by atomic mass is 16.5. The van der Waals surface area contributed by atoms with Crippen LogP contribution in [0, 0.1) is 0 Å². The molecule has 0 aromatic rings. The molecule has 0 aliphatic heterocycles. The van der Waals surface area contributed by atoms with E-state index >= 15 is 0 Å². The van der Waals surface area contributed by atoms with Gasteiger partial charge in [-0.3, -0.25) is 0 Å². The lowest BCUT2D eigenvalue weighted by Gasteiger charge is -2.26. The predicted octanol–water partition coefficient (Wildman–Crippen LogP) is 2.60. The van der Waals surface area contributed by atoms with Crippen LogP contribution in [-0.4, -0.2) is 38.5 Å². The molecule has 0 aliphatic carbocycles. The lowest BCUT2D eigenvalue weighted by atomic mass is 9.99. The quantitative estimate of drug-likeness (QED) is 0.627. The van der Waals surface area contributed by atoms with E-state index < -0.39 is 0 Å². The van der Waals surface area contributed by atoms with Gasteiger partial charge in [-0.05, 0) is 46.6 Å². The van der Waals surface area contributed by atoms with Crippen LogP contribution in [-0.2, 0) is 9.47 Å². The Morgan fingerprint density at radius 3 is 2.44 bits per heavy atom. The van der Waals surface area contributed by atoms with E-state index in [2.05, 4.69) is 26.1 Å². The average Bonchev–Trinajstić information content (AvgIpc) is 2.28. The molecular weight excluding hydrogens is 202 g/mol. The molecule has 1 N–H and O–H groups in total. The Morgan fingerprint density at radius 2 is 1.94 bits per heavy atom. The van der Waals surface area contributed by atoms with E-state index in [1.807, 2.05) is 6.92 Å². The van der Waals surface area contributed by atoms with Gasteiger partial charge in [-0.1, -0.05) is 6.92 Å². The largest absolute Gasteiger partial charge is 0.380 e. The van der Waals surface area contributed by atoms with Crippen LogP contribution in [0.3, 0.4) is 0 Å². The molecule has 0 radical (unpaired) electrons. The molecule has 3 nitrogen and oxygen atoms in total. The highest BCUT2D eigenvalue weighted by molar-refractivity contribution is 4.74. The first-order chi connectivity index (χ1) is 7.55. The SMILES string of the molecule is CCCNC(CCC(C)(C)OC)COCC. The van der Waals surface area contributed by atoms with Crippen LogP contribution < -0.4 is 5.32 Å². The van der Waals surface area contributed by atoms with Gasteiger partial charge in [-0.25, -0.2) is 0 Å². The van der Waals surface area contributed by atoms with Crippen molar-refractivity contribution in [2.45, 2.75) is 58.6 Å². The van der Waals surface area contributed by atoms with Gasteiger partial charge in [0.15, 0.2) is 0 Å². The minimum absolute atomic E-state index is 0.0294. The summed E-state index contributed by atoms with van der Waals surface area (Å²) < 4.78 is 10.9. The zero-order valence-electron chi connectivity index (χ0n) is 11.6. The van der Waals surface area contributed by atoms with Crippen LogP contribution in [0.2, 0.25) is 0 Å². The molecule has 0 saturated heterocycles. The Labute approximate surface area is 101 Å². The summed E-state index contributed by atoms with van der Waals surface area (Å²) in [7, 11) is 1.77. The summed E-state index contributed by atoms with van der Waals surface area (Å²) in [6.45, 7) is 11.1. The molecule has 3 heteroatoms. The molecule has 0 aromatic heterocycles.